The minimum absolute atomic E-state index is 0.271. The number of esters is 1. The molecule has 6 heteroatoms. The van der Waals surface area contributed by atoms with Gasteiger partial charge in [-0.1, -0.05) is 30.3 Å². The van der Waals surface area contributed by atoms with Crippen LogP contribution in [0.3, 0.4) is 0 Å². The largest absolute Gasteiger partial charge is 0.515 e. The molecule has 0 aliphatic carbocycles. The molecule has 0 fully saturated rings. The van der Waals surface area contributed by atoms with Gasteiger partial charge in [0.15, 0.2) is 0 Å². The summed E-state index contributed by atoms with van der Waals surface area (Å²) < 4.78 is 19.8. The maximum Gasteiger partial charge on any atom is 0.515 e. The number of rotatable bonds is 5. The molecule has 0 amide bonds. The number of carbonyl (C=O) groups excluding carboxylic acids is 2. The van der Waals surface area contributed by atoms with E-state index >= 15 is 0 Å². The molecule has 0 heterocycles. The van der Waals surface area contributed by atoms with Gasteiger partial charge in [0.05, 0.1) is 14.2 Å². The maximum absolute atomic E-state index is 11.9. The second-order valence-corrected chi connectivity index (χ2v) is 4.46. The number of benzene rings is 2. The minimum atomic E-state index is -1.19. The van der Waals surface area contributed by atoms with Gasteiger partial charge < -0.3 is 18.9 Å². The van der Waals surface area contributed by atoms with Crippen LogP contribution in [-0.4, -0.2) is 26.3 Å². The van der Waals surface area contributed by atoms with Gasteiger partial charge in [-0.2, -0.15) is 0 Å². The Hall–Kier alpha value is -3.02. The quantitative estimate of drug-likeness (QED) is 0.623. The van der Waals surface area contributed by atoms with E-state index in [-0.39, 0.29) is 5.75 Å². The van der Waals surface area contributed by atoms with E-state index in [0.717, 1.165) is 0 Å². The van der Waals surface area contributed by atoms with Crippen molar-refractivity contribution in [2.45, 2.75) is 6.10 Å². The average molecular weight is 316 g/mol. The Labute approximate surface area is 133 Å². The Bertz CT molecular complexity index is 651. The minimum Gasteiger partial charge on any atom is -0.497 e. The summed E-state index contributed by atoms with van der Waals surface area (Å²) >= 11 is 0. The van der Waals surface area contributed by atoms with E-state index in [4.69, 9.17) is 14.2 Å². The summed E-state index contributed by atoms with van der Waals surface area (Å²) in [7, 11) is 2.75. The van der Waals surface area contributed by atoms with Crippen molar-refractivity contribution in [1.29, 1.82) is 0 Å². The summed E-state index contributed by atoms with van der Waals surface area (Å²) in [6, 6.07) is 14.9. The first kappa shape index (κ1) is 16.4. The standard InChI is InChI=1S/C17H16O6/c1-20-13-8-10-14(11-9-13)22-17(19)23-15(16(18)21-2)12-6-4-3-5-7-12/h3-11,15H,1-2H3. The third-order valence-electron chi connectivity index (χ3n) is 2.99. The van der Waals surface area contributed by atoms with Crippen LogP contribution >= 0.6 is 0 Å². The van der Waals surface area contributed by atoms with Crippen LogP contribution in [-0.2, 0) is 14.3 Å². The van der Waals surface area contributed by atoms with Crippen LogP contribution in [0, 0.1) is 0 Å². The Morgan fingerprint density at radius 2 is 1.48 bits per heavy atom. The number of hydrogen-bond acceptors (Lipinski definition) is 6. The number of carbonyl (C=O) groups is 2. The van der Waals surface area contributed by atoms with E-state index in [1.807, 2.05) is 0 Å². The zero-order chi connectivity index (χ0) is 16.7. The third kappa shape index (κ3) is 4.47. The third-order valence-corrected chi connectivity index (χ3v) is 2.99. The molecule has 0 bridgehead atoms. The average Bonchev–Trinajstić information content (AvgIpc) is 2.60. The van der Waals surface area contributed by atoms with Crippen LogP contribution in [0.1, 0.15) is 11.7 Å². The van der Waals surface area contributed by atoms with Crippen molar-refractivity contribution >= 4 is 12.1 Å². The van der Waals surface area contributed by atoms with Gasteiger partial charge in [0.2, 0.25) is 6.10 Å². The second-order valence-electron chi connectivity index (χ2n) is 4.46. The Balaban J connectivity index is 2.06. The van der Waals surface area contributed by atoms with Crippen LogP contribution < -0.4 is 9.47 Å². The SMILES string of the molecule is COC(=O)C(OC(=O)Oc1ccc(OC)cc1)c1ccccc1. The second kappa shape index (κ2) is 7.84. The molecule has 6 nitrogen and oxygen atoms in total. The van der Waals surface area contributed by atoms with Gasteiger partial charge in [0, 0.05) is 5.56 Å². The van der Waals surface area contributed by atoms with E-state index in [0.29, 0.717) is 11.3 Å². The molecule has 2 aromatic carbocycles. The van der Waals surface area contributed by atoms with Crippen LogP contribution in [0.2, 0.25) is 0 Å². The van der Waals surface area contributed by atoms with E-state index in [1.54, 1.807) is 54.6 Å². The Kier molecular flexibility index (Phi) is 5.57. The highest BCUT2D eigenvalue weighted by Gasteiger charge is 2.26. The van der Waals surface area contributed by atoms with Crippen molar-refractivity contribution in [3.05, 3.63) is 60.2 Å². The number of ether oxygens (including phenoxy) is 4. The molecule has 2 aromatic rings. The van der Waals surface area contributed by atoms with E-state index < -0.39 is 18.2 Å². The molecule has 23 heavy (non-hydrogen) atoms. The van der Waals surface area contributed by atoms with Crippen LogP contribution in [0.4, 0.5) is 4.79 Å². The predicted molar refractivity (Wildman–Crippen MR) is 81.3 cm³/mol. The van der Waals surface area contributed by atoms with E-state index in [9.17, 15) is 9.59 Å². The summed E-state index contributed by atoms with van der Waals surface area (Å²) in [6.07, 6.45) is -2.19. The predicted octanol–water partition coefficient (Wildman–Crippen LogP) is 3.12. The normalized spacial score (nSPS) is 11.2. The highest BCUT2D eigenvalue weighted by molar-refractivity contribution is 5.79. The molecular formula is C17H16O6. The first-order valence-corrected chi connectivity index (χ1v) is 6.79. The molecule has 0 N–H and O–H groups in total. The zero-order valence-electron chi connectivity index (χ0n) is 12.7. The molecule has 120 valence electrons. The fraction of sp³-hybridized carbons (Fsp3) is 0.176. The molecular weight excluding hydrogens is 300 g/mol. The van der Waals surface area contributed by atoms with E-state index in [2.05, 4.69) is 4.74 Å². The summed E-state index contributed by atoms with van der Waals surface area (Å²) in [6.45, 7) is 0. The van der Waals surface area contributed by atoms with Gasteiger partial charge >= 0.3 is 12.1 Å². The van der Waals surface area contributed by atoms with E-state index in [1.165, 1.54) is 14.2 Å². The number of hydrogen-bond donors (Lipinski definition) is 0. The van der Waals surface area contributed by atoms with Gasteiger partial charge in [-0.25, -0.2) is 9.59 Å². The zero-order valence-corrected chi connectivity index (χ0v) is 12.7. The van der Waals surface area contributed by atoms with Gasteiger partial charge in [-0.15, -0.1) is 0 Å². The molecule has 0 aromatic heterocycles. The van der Waals surface area contributed by atoms with Crippen molar-refractivity contribution in [2.24, 2.45) is 0 Å². The van der Waals surface area contributed by atoms with Gasteiger partial charge in [0.1, 0.15) is 11.5 Å². The molecule has 1 atom stereocenters. The summed E-state index contributed by atoms with van der Waals surface area (Å²) in [5.74, 6) is 0.206. The van der Waals surface area contributed by atoms with Crippen molar-refractivity contribution in [2.75, 3.05) is 14.2 Å². The molecule has 0 spiro atoms. The fourth-order valence-electron chi connectivity index (χ4n) is 1.85. The molecule has 0 saturated carbocycles. The molecule has 0 aliphatic rings. The van der Waals surface area contributed by atoms with Crippen LogP contribution in [0.15, 0.2) is 54.6 Å². The van der Waals surface area contributed by atoms with Crippen molar-refractivity contribution in [3.63, 3.8) is 0 Å². The lowest BCUT2D eigenvalue weighted by molar-refractivity contribution is -0.151. The lowest BCUT2D eigenvalue weighted by atomic mass is 10.1. The van der Waals surface area contributed by atoms with Crippen LogP contribution in [0.5, 0.6) is 11.5 Å². The topological polar surface area (TPSA) is 71.1 Å². The lowest BCUT2D eigenvalue weighted by Crippen LogP contribution is -2.23. The van der Waals surface area contributed by atoms with Gasteiger partial charge in [-0.3, -0.25) is 0 Å². The maximum atomic E-state index is 11.9. The summed E-state index contributed by atoms with van der Waals surface area (Å²) in [4.78, 5) is 23.7. The van der Waals surface area contributed by atoms with Crippen molar-refractivity contribution in [1.82, 2.24) is 0 Å². The monoisotopic (exact) mass is 316 g/mol. The number of methoxy groups -OCH3 is 2. The van der Waals surface area contributed by atoms with Gasteiger partial charge in [-0.05, 0) is 24.3 Å². The lowest BCUT2D eigenvalue weighted by Gasteiger charge is -2.15. The smallest absolute Gasteiger partial charge is 0.497 e. The van der Waals surface area contributed by atoms with Crippen molar-refractivity contribution < 1.29 is 28.5 Å². The van der Waals surface area contributed by atoms with Gasteiger partial charge in [0.25, 0.3) is 0 Å². The van der Waals surface area contributed by atoms with Crippen LogP contribution in [0.25, 0.3) is 0 Å². The van der Waals surface area contributed by atoms with Crippen molar-refractivity contribution in [3.8, 4) is 11.5 Å². The molecule has 2 rings (SSSR count). The first-order valence-electron chi connectivity index (χ1n) is 6.79. The summed E-state index contributed by atoms with van der Waals surface area (Å²) in [5, 5.41) is 0. The Morgan fingerprint density at radius 3 is 2.04 bits per heavy atom. The highest BCUT2D eigenvalue weighted by atomic mass is 16.7. The highest BCUT2D eigenvalue weighted by Crippen LogP contribution is 2.22. The summed E-state index contributed by atoms with van der Waals surface area (Å²) in [5.41, 5.74) is 0.492. The fourth-order valence-corrected chi connectivity index (χ4v) is 1.85. The first-order chi connectivity index (χ1) is 11.1. The Morgan fingerprint density at radius 1 is 0.870 bits per heavy atom. The molecule has 0 radical (unpaired) electrons. The molecule has 0 saturated heterocycles. The molecule has 1 unspecified atom stereocenters. The molecule has 0 aliphatic heterocycles.